The van der Waals surface area contributed by atoms with Gasteiger partial charge < -0.3 is 4.18 Å². The Bertz CT molecular complexity index is 657. The molecule has 1 heterocycles. The van der Waals surface area contributed by atoms with Gasteiger partial charge in [-0.05, 0) is 24.3 Å². The molecule has 0 spiro atoms. The molecule has 1 amide bonds. The van der Waals surface area contributed by atoms with E-state index in [1.54, 1.807) is 18.2 Å². The highest BCUT2D eigenvalue weighted by Crippen LogP contribution is 2.12. The minimum Gasteiger partial charge on any atom is -0.324 e. The summed E-state index contributed by atoms with van der Waals surface area (Å²) in [7, 11) is -4.11. The second-order valence-corrected chi connectivity index (χ2v) is 5.05. The van der Waals surface area contributed by atoms with Gasteiger partial charge in [-0.25, -0.2) is 4.79 Å². The normalized spacial score (nSPS) is 10.7. The Morgan fingerprint density at radius 2 is 1.84 bits per heavy atom. The molecule has 19 heavy (non-hydrogen) atoms. The summed E-state index contributed by atoms with van der Waals surface area (Å²) >= 11 is 0. The maximum absolute atomic E-state index is 11.7. The first-order chi connectivity index (χ1) is 9.08. The van der Waals surface area contributed by atoms with Crippen molar-refractivity contribution >= 4 is 21.9 Å². The molecule has 7 heteroatoms. The van der Waals surface area contributed by atoms with Gasteiger partial charge in [0.2, 0.25) is 0 Å². The lowest BCUT2D eigenvalue weighted by Gasteiger charge is -2.06. The maximum atomic E-state index is 11.7. The van der Waals surface area contributed by atoms with Crippen LogP contribution in [0.15, 0.2) is 59.8 Å². The van der Waals surface area contributed by atoms with Crippen LogP contribution in [0.4, 0.5) is 10.5 Å². The number of amides is 1. The molecular formula is C12H10N2O4S. The van der Waals surface area contributed by atoms with E-state index in [-0.39, 0.29) is 4.90 Å². The van der Waals surface area contributed by atoms with Gasteiger partial charge in [-0.15, -0.1) is 0 Å². The molecule has 0 aliphatic heterocycles. The molecule has 0 fully saturated rings. The van der Waals surface area contributed by atoms with Crippen LogP contribution in [-0.4, -0.2) is 19.5 Å². The van der Waals surface area contributed by atoms with E-state index in [1.165, 1.54) is 36.7 Å². The zero-order chi connectivity index (χ0) is 13.7. The third kappa shape index (κ3) is 3.52. The molecule has 0 saturated carbocycles. The predicted octanol–water partition coefficient (Wildman–Crippen LogP) is 2.02. The largest absolute Gasteiger partial charge is 0.427 e. The molecule has 0 bridgehead atoms. The molecule has 1 N–H and O–H groups in total. The number of rotatable bonds is 3. The highest BCUT2D eigenvalue weighted by atomic mass is 32.2. The van der Waals surface area contributed by atoms with Crippen molar-refractivity contribution in [1.82, 2.24) is 4.98 Å². The van der Waals surface area contributed by atoms with E-state index in [2.05, 4.69) is 14.5 Å². The molecule has 1 aromatic carbocycles. The number of anilines is 1. The Kier molecular flexibility index (Phi) is 3.76. The summed E-state index contributed by atoms with van der Waals surface area (Å²) in [5, 5.41) is 2.26. The van der Waals surface area contributed by atoms with E-state index in [0.717, 1.165) is 0 Å². The topological polar surface area (TPSA) is 85.4 Å². The second-order valence-electron chi connectivity index (χ2n) is 3.50. The first kappa shape index (κ1) is 13.0. The Labute approximate surface area is 110 Å². The predicted molar refractivity (Wildman–Crippen MR) is 68.0 cm³/mol. The Hall–Kier alpha value is -2.41. The van der Waals surface area contributed by atoms with Crippen molar-refractivity contribution < 1.29 is 17.4 Å². The van der Waals surface area contributed by atoms with Crippen LogP contribution in [0.2, 0.25) is 0 Å². The number of nitrogens with zero attached hydrogens (tertiary/aromatic N) is 1. The zero-order valence-corrected chi connectivity index (χ0v) is 10.5. The molecule has 0 atom stereocenters. The zero-order valence-electron chi connectivity index (χ0n) is 9.68. The fraction of sp³-hybridized carbons (Fsp3) is 0. The average Bonchev–Trinajstić information content (AvgIpc) is 2.40. The van der Waals surface area contributed by atoms with Gasteiger partial charge >= 0.3 is 16.2 Å². The number of hydrogen-bond acceptors (Lipinski definition) is 5. The van der Waals surface area contributed by atoms with Gasteiger partial charge in [-0.2, -0.15) is 8.42 Å². The fourth-order valence-electron chi connectivity index (χ4n) is 1.31. The van der Waals surface area contributed by atoms with E-state index in [4.69, 9.17) is 0 Å². The van der Waals surface area contributed by atoms with Crippen molar-refractivity contribution in [3.8, 4) is 0 Å². The van der Waals surface area contributed by atoms with Crippen LogP contribution < -0.4 is 5.32 Å². The van der Waals surface area contributed by atoms with Crippen LogP contribution in [0.25, 0.3) is 0 Å². The number of pyridine rings is 1. The Morgan fingerprint density at radius 3 is 2.47 bits per heavy atom. The van der Waals surface area contributed by atoms with Crippen molar-refractivity contribution in [3.63, 3.8) is 0 Å². The minimum atomic E-state index is -4.11. The standard InChI is InChI=1S/C12H10N2O4S/c15-12(14-10-5-4-8-13-9-10)18-19(16,17)11-6-2-1-3-7-11/h1-9H,(H,14,15). The summed E-state index contributed by atoms with van der Waals surface area (Å²) in [6.45, 7) is 0. The molecular weight excluding hydrogens is 268 g/mol. The highest BCUT2D eigenvalue weighted by molar-refractivity contribution is 7.87. The number of hydrogen-bond donors (Lipinski definition) is 1. The van der Waals surface area contributed by atoms with E-state index in [9.17, 15) is 13.2 Å². The van der Waals surface area contributed by atoms with Crippen molar-refractivity contribution in [2.24, 2.45) is 0 Å². The number of carbonyl (C=O) groups is 1. The van der Waals surface area contributed by atoms with E-state index in [1.807, 2.05) is 0 Å². The number of nitrogens with one attached hydrogen (secondary N) is 1. The minimum absolute atomic E-state index is 0.0867. The van der Waals surface area contributed by atoms with Crippen molar-refractivity contribution in [1.29, 1.82) is 0 Å². The van der Waals surface area contributed by atoms with Gasteiger partial charge in [-0.3, -0.25) is 10.3 Å². The molecule has 6 nitrogen and oxygen atoms in total. The van der Waals surface area contributed by atoms with Gasteiger partial charge in [0.15, 0.2) is 0 Å². The summed E-state index contributed by atoms with van der Waals surface area (Å²) in [6, 6.07) is 10.6. The molecule has 98 valence electrons. The fourth-order valence-corrected chi connectivity index (χ4v) is 2.14. The average molecular weight is 278 g/mol. The van der Waals surface area contributed by atoms with Gasteiger partial charge in [0, 0.05) is 6.20 Å². The van der Waals surface area contributed by atoms with Crippen molar-refractivity contribution in [2.75, 3.05) is 5.32 Å². The Balaban J connectivity index is 2.07. The van der Waals surface area contributed by atoms with Crippen LogP contribution in [0.5, 0.6) is 0 Å². The molecule has 1 aromatic heterocycles. The number of benzene rings is 1. The Morgan fingerprint density at radius 1 is 1.11 bits per heavy atom. The molecule has 2 rings (SSSR count). The first-order valence-electron chi connectivity index (χ1n) is 5.28. The summed E-state index contributed by atoms with van der Waals surface area (Å²) in [6.07, 6.45) is 1.81. The van der Waals surface area contributed by atoms with Gasteiger partial charge in [0.25, 0.3) is 0 Å². The molecule has 0 saturated heterocycles. The number of carbonyl (C=O) groups excluding carboxylic acids is 1. The summed E-state index contributed by atoms with van der Waals surface area (Å²) < 4.78 is 27.9. The second kappa shape index (κ2) is 5.49. The third-order valence-corrected chi connectivity index (χ3v) is 3.35. The van der Waals surface area contributed by atoms with Crippen LogP contribution in [-0.2, 0) is 14.3 Å². The van der Waals surface area contributed by atoms with Gasteiger partial charge in [0.05, 0.1) is 11.9 Å². The monoisotopic (exact) mass is 278 g/mol. The van der Waals surface area contributed by atoms with Crippen LogP contribution in [0, 0.1) is 0 Å². The SMILES string of the molecule is O=C(Nc1cccnc1)OS(=O)(=O)c1ccccc1. The van der Waals surface area contributed by atoms with E-state index < -0.39 is 16.2 Å². The third-order valence-electron chi connectivity index (χ3n) is 2.13. The van der Waals surface area contributed by atoms with Crippen LogP contribution in [0.1, 0.15) is 0 Å². The summed E-state index contributed by atoms with van der Waals surface area (Å²) in [4.78, 5) is 15.1. The quantitative estimate of drug-likeness (QED) is 0.868. The lowest BCUT2D eigenvalue weighted by molar-refractivity contribution is 0.217. The van der Waals surface area contributed by atoms with Crippen LogP contribution in [0.3, 0.4) is 0 Å². The summed E-state index contributed by atoms with van der Waals surface area (Å²) in [5.41, 5.74) is 0.343. The summed E-state index contributed by atoms with van der Waals surface area (Å²) in [5.74, 6) is 0. The van der Waals surface area contributed by atoms with Crippen molar-refractivity contribution in [2.45, 2.75) is 4.90 Å². The van der Waals surface area contributed by atoms with Crippen molar-refractivity contribution in [3.05, 3.63) is 54.9 Å². The number of aromatic nitrogens is 1. The molecule has 2 aromatic rings. The maximum Gasteiger partial charge on any atom is 0.427 e. The molecule has 0 radical (unpaired) electrons. The van der Waals surface area contributed by atoms with Gasteiger partial charge in [0.1, 0.15) is 4.90 Å². The lowest BCUT2D eigenvalue weighted by atomic mass is 10.4. The molecule has 0 unspecified atom stereocenters. The highest BCUT2D eigenvalue weighted by Gasteiger charge is 2.19. The smallest absolute Gasteiger partial charge is 0.324 e. The van der Waals surface area contributed by atoms with Gasteiger partial charge in [-0.1, -0.05) is 18.2 Å². The van der Waals surface area contributed by atoms with Crippen LogP contribution >= 0.6 is 0 Å². The molecule has 0 aliphatic rings. The molecule has 0 aliphatic carbocycles. The van der Waals surface area contributed by atoms with E-state index in [0.29, 0.717) is 5.69 Å². The first-order valence-corrected chi connectivity index (χ1v) is 6.69. The lowest BCUT2D eigenvalue weighted by Crippen LogP contribution is -2.19. The van der Waals surface area contributed by atoms with E-state index >= 15 is 0 Å².